The van der Waals surface area contributed by atoms with Crippen LogP contribution in [0.15, 0.2) is 230 Å². The van der Waals surface area contributed by atoms with Gasteiger partial charge in [-0.25, -0.2) is 43.1 Å². The molecule has 22 nitrogen and oxygen atoms in total. The van der Waals surface area contributed by atoms with Crippen LogP contribution in [0.2, 0.25) is 0 Å². The summed E-state index contributed by atoms with van der Waals surface area (Å²) < 4.78 is 130. The number of hydrazone groups is 2. The number of hydrogen-bond acceptors (Lipinski definition) is 23. The minimum absolute atomic E-state index is 0.0375. The molecule has 0 saturated carbocycles. The van der Waals surface area contributed by atoms with Crippen molar-refractivity contribution in [1.82, 2.24) is 15.0 Å². The number of para-hydroxylation sites is 1. The molecule has 0 aliphatic rings. The fourth-order valence-corrected chi connectivity index (χ4v) is 16.1. The summed E-state index contributed by atoms with van der Waals surface area (Å²) in [5.74, 6) is -7.36. The second kappa shape index (κ2) is 53.4. The molecule has 12 rings (SSSR count). The number of fused-ring (bicyclic) bond motifs is 4. The summed E-state index contributed by atoms with van der Waals surface area (Å²) in [5, 5.41) is 16.0. The van der Waals surface area contributed by atoms with Crippen LogP contribution in [0, 0.1) is 24.4 Å². The minimum atomic E-state index is -4.39. The molecule has 135 heavy (non-hydrogen) atoms. The van der Waals surface area contributed by atoms with Crippen LogP contribution in [0.3, 0.4) is 0 Å². The Morgan fingerprint density at radius 1 is 0.467 bits per heavy atom. The van der Waals surface area contributed by atoms with E-state index in [1.54, 1.807) is 53.7 Å². The summed E-state index contributed by atoms with van der Waals surface area (Å²) in [7, 11) is 0. The summed E-state index contributed by atoms with van der Waals surface area (Å²) in [5.41, 5.74) is 1.97. The van der Waals surface area contributed by atoms with E-state index in [4.69, 9.17) is 52.7 Å². The van der Waals surface area contributed by atoms with E-state index < -0.39 is 70.6 Å². The van der Waals surface area contributed by atoms with Crippen LogP contribution in [0.25, 0.3) is 42.1 Å². The van der Waals surface area contributed by atoms with Crippen molar-refractivity contribution >= 4 is 123 Å². The van der Waals surface area contributed by atoms with Crippen molar-refractivity contribution in [3.63, 3.8) is 0 Å². The molecule has 0 unspecified atom stereocenters. The normalized spacial score (nSPS) is 11.3. The number of aryl methyl sites for hydroxylation is 3. The number of ether oxygens (including phenoxy) is 9. The van der Waals surface area contributed by atoms with E-state index in [-0.39, 0.29) is 64.6 Å². The van der Waals surface area contributed by atoms with Crippen molar-refractivity contribution < 1.29 is 93.4 Å². The topological polar surface area (TPSA) is 255 Å². The number of carbonyl (C=O) groups is 6. The molecule has 12 aromatic rings. The van der Waals surface area contributed by atoms with Gasteiger partial charge in [-0.2, -0.15) is 28.4 Å². The van der Waals surface area contributed by atoms with Crippen LogP contribution >= 0.6 is 22.7 Å². The van der Waals surface area contributed by atoms with Gasteiger partial charge in [0.05, 0.1) is 73.2 Å². The van der Waals surface area contributed by atoms with Gasteiger partial charge >= 0.3 is 36.0 Å². The highest BCUT2D eigenvalue weighted by Gasteiger charge is 2.41. The molecular weight excluding hydrogens is 1770 g/mol. The molecular formula is C106H112F5N7O15S2. The molecule has 0 fully saturated rings. The van der Waals surface area contributed by atoms with Gasteiger partial charge < -0.3 is 42.6 Å². The van der Waals surface area contributed by atoms with E-state index in [9.17, 15) is 28.8 Å². The number of aromatic nitrogens is 3. The summed E-state index contributed by atoms with van der Waals surface area (Å²) in [6.45, 7) is 19.2. The zero-order valence-electron chi connectivity index (χ0n) is 76.2. The molecule has 708 valence electrons. The maximum absolute atomic E-state index is 16.5. The Balaban J connectivity index is 0.000000266. The number of rotatable bonds is 54. The fourth-order valence-electron chi connectivity index (χ4n) is 14.2. The predicted molar refractivity (Wildman–Crippen MR) is 520 cm³/mol. The van der Waals surface area contributed by atoms with E-state index in [2.05, 4.69) is 48.7 Å². The Hall–Kier alpha value is -13.5. The molecule has 0 aliphatic carbocycles. The van der Waals surface area contributed by atoms with Crippen LogP contribution < -0.4 is 43.2 Å². The zero-order chi connectivity index (χ0) is 95.7. The number of carbonyl (C=O) groups excluding carboxylic acids is 6. The van der Waals surface area contributed by atoms with Gasteiger partial charge in [0, 0.05) is 36.9 Å². The van der Waals surface area contributed by atoms with E-state index in [1.807, 2.05) is 97.9 Å². The molecule has 0 N–H and O–H groups in total. The van der Waals surface area contributed by atoms with Crippen LogP contribution in [0.4, 0.5) is 32.2 Å². The third kappa shape index (κ3) is 31.8. The molecule has 3 aromatic heterocycles. The van der Waals surface area contributed by atoms with Crippen molar-refractivity contribution in [2.24, 2.45) is 10.2 Å². The second-order valence-electron chi connectivity index (χ2n) is 32.0. The zero-order valence-corrected chi connectivity index (χ0v) is 77.8. The fraction of sp³-hybridized carbons (Fsp3) is 0.330. The molecule has 3 heterocycles. The molecule has 0 saturated heterocycles. The van der Waals surface area contributed by atoms with Crippen molar-refractivity contribution in [3.05, 3.63) is 276 Å². The van der Waals surface area contributed by atoms with E-state index in [1.165, 1.54) is 97.7 Å². The van der Waals surface area contributed by atoms with Gasteiger partial charge in [0.25, 0.3) is 5.91 Å². The van der Waals surface area contributed by atoms with Crippen molar-refractivity contribution in [2.75, 3.05) is 49.6 Å². The predicted octanol–water partition coefficient (Wildman–Crippen LogP) is 25.7. The van der Waals surface area contributed by atoms with Gasteiger partial charge in [-0.3, -0.25) is 14.4 Å². The largest absolute Gasteiger partial charge is 0.494 e. The number of hydrogen-bond donors (Lipinski definition) is 0. The summed E-state index contributed by atoms with van der Waals surface area (Å²) in [4.78, 5) is 89.0. The summed E-state index contributed by atoms with van der Waals surface area (Å²) in [6, 6.07) is 48.4. The molecule has 29 heteroatoms. The number of benzene rings is 9. The standard InChI is InChI=1S/C59H70F4N4O7S.C47H42FN3O8S/c1-4-7-9-10-11-12-13-14-15-18-35-67(58-66-50-23-22-34-64-57(50)75-58)65-42-46-41-48(70-36-19-8-5-2)29-31-51(46)74-59(62,63)49-30-32-52(56(61)55(49)60)73-54(69)33-25-43-24-26-45-40-47(28-27-44(45)39-43)71-37-20-16-17-21-38-72-53(68)6-3;1-4-42(52)51(47-50-39-12-8-9-13-41(39)60-47)49-30-38-40(24-19-32(45(38)48)20-25-44(54)58-36-21-14-31(3)15-22-36)59-46(55)35-17-16-34-29-37(23-18-33(34)28-35)56-26-10-6-7-11-27-57-43(53)5-2/h6,22-24,26-32,34,39-42H,3-5,7-21,25,33,35-38H2,1-2H3;4-5,8-9,12-19,21-24,28-30H,1-2,6-7,10-11,20,25-27H2,3H3/b65-42+;49-30+. The molecule has 0 bridgehead atoms. The average Bonchev–Trinajstić information content (AvgIpc) is 1.64. The summed E-state index contributed by atoms with van der Waals surface area (Å²) >= 11 is 2.57. The van der Waals surface area contributed by atoms with Crippen molar-refractivity contribution in [3.8, 4) is 40.2 Å². The maximum Gasteiger partial charge on any atom is 0.429 e. The number of esters is 5. The first-order valence-corrected chi connectivity index (χ1v) is 47.4. The highest BCUT2D eigenvalue weighted by atomic mass is 32.1. The van der Waals surface area contributed by atoms with Gasteiger partial charge in [-0.05, 0) is 232 Å². The number of unbranched alkanes of at least 4 members (excludes halogenated alkanes) is 17. The smallest absolute Gasteiger partial charge is 0.429 e. The van der Waals surface area contributed by atoms with Gasteiger partial charge in [0.1, 0.15) is 56.2 Å². The number of halogens is 5. The second-order valence-corrected chi connectivity index (χ2v) is 34.0. The highest BCUT2D eigenvalue weighted by Crippen LogP contribution is 2.40. The first-order valence-electron chi connectivity index (χ1n) is 45.7. The minimum Gasteiger partial charge on any atom is -0.494 e. The van der Waals surface area contributed by atoms with Gasteiger partial charge in [-0.1, -0.05) is 199 Å². The molecule has 0 aliphatic heterocycles. The Morgan fingerprint density at radius 3 is 1.66 bits per heavy atom. The number of pyridine rings is 1. The van der Waals surface area contributed by atoms with Crippen LogP contribution in [0.5, 0.6) is 40.2 Å². The molecule has 9 aromatic carbocycles. The number of amides is 1. The highest BCUT2D eigenvalue weighted by molar-refractivity contribution is 7.22. The van der Waals surface area contributed by atoms with Gasteiger partial charge in [-0.15, -0.1) is 0 Å². The third-order valence-electron chi connectivity index (χ3n) is 21.7. The number of anilines is 2. The lowest BCUT2D eigenvalue weighted by atomic mass is 10.0. The Bertz CT molecular complexity index is 6020. The first-order chi connectivity index (χ1) is 65.6. The Labute approximate surface area is 790 Å². The third-order valence-corrected chi connectivity index (χ3v) is 23.7. The van der Waals surface area contributed by atoms with Crippen LogP contribution in [-0.2, 0) is 52.4 Å². The van der Waals surface area contributed by atoms with Crippen molar-refractivity contribution in [1.29, 1.82) is 0 Å². The molecule has 1 amide bonds. The van der Waals surface area contributed by atoms with E-state index in [0.717, 1.165) is 174 Å². The number of alkyl halides is 2. The van der Waals surface area contributed by atoms with Gasteiger partial charge in [0.15, 0.2) is 11.6 Å². The SMILES string of the molecule is C=CC(=O)OCCCCCCOc1ccc2cc(C(=O)Oc3ccc(CCC(=O)Oc4ccc(C)cc4)c(F)c3/C=N/N(C(=O)C=C)c3nc4ccccc4s3)ccc2c1.C=CC(=O)OCCCCCCOc1ccc2cc(CCC(=O)Oc3ccc(C(F)(F)Oc4ccc(OCCCCC)cc4/C=N/N(CCCCCCCCCCCC)c4nc5cccnc5s4)c(F)c3F)ccc2c1. The Kier molecular flexibility index (Phi) is 40.3. The monoisotopic (exact) mass is 1880 g/mol. The van der Waals surface area contributed by atoms with Crippen LogP contribution in [0.1, 0.15) is 205 Å². The molecule has 0 atom stereocenters. The lowest BCUT2D eigenvalue weighted by Crippen LogP contribution is -2.25. The van der Waals surface area contributed by atoms with E-state index >= 15 is 22.0 Å². The number of thiazole rings is 2. The lowest BCUT2D eigenvalue weighted by Gasteiger charge is -2.21. The quantitative estimate of drug-likeness (QED) is 0.00653. The van der Waals surface area contributed by atoms with Gasteiger partial charge in [0.2, 0.25) is 16.1 Å². The maximum atomic E-state index is 16.5. The van der Waals surface area contributed by atoms with Crippen molar-refractivity contribution in [2.45, 2.75) is 187 Å². The Morgan fingerprint density at radius 2 is 1.01 bits per heavy atom. The van der Waals surface area contributed by atoms with Crippen LogP contribution in [-0.4, -0.2) is 103 Å². The average molecular weight is 1880 g/mol. The number of nitrogens with zero attached hydrogens (tertiary/aromatic N) is 7. The van der Waals surface area contributed by atoms with E-state index in [0.29, 0.717) is 84.8 Å². The first kappa shape index (κ1) is 102. The summed E-state index contributed by atoms with van der Waals surface area (Å²) in [6.07, 6.45) is 24.0. The molecule has 0 radical (unpaired) electrons. The lowest BCUT2D eigenvalue weighted by molar-refractivity contribution is -0.187. The molecule has 0 spiro atoms.